The number of hydrogen-bond acceptors (Lipinski definition) is 4. The van der Waals surface area contributed by atoms with Crippen molar-refractivity contribution in [1.29, 1.82) is 0 Å². The number of benzene rings is 1. The zero-order valence-electron chi connectivity index (χ0n) is 17.6. The number of aromatic nitrogens is 2. The largest absolute Gasteiger partial charge is 0.417 e. The molecule has 0 unspecified atom stereocenters. The van der Waals surface area contributed by atoms with Crippen molar-refractivity contribution in [3.05, 3.63) is 47.3 Å². The highest BCUT2D eigenvalue weighted by Crippen LogP contribution is 2.35. The van der Waals surface area contributed by atoms with Crippen LogP contribution in [0.3, 0.4) is 0 Å². The fourth-order valence-electron chi connectivity index (χ4n) is 3.49. The van der Waals surface area contributed by atoms with E-state index in [0.717, 1.165) is 28.2 Å². The Morgan fingerprint density at radius 3 is 2.29 bits per heavy atom. The van der Waals surface area contributed by atoms with E-state index in [4.69, 9.17) is 0 Å². The first-order valence-electron chi connectivity index (χ1n) is 10.00. The molecule has 0 radical (unpaired) electrons. The summed E-state index contributed by atoms with van der Waals surface area (Å²) < 4.78 is 68.2. The van der Waals surface area contributed by atoms with Gasteiger partial charge in [-0.2, -0.15) is 22.6 Å². The fourth-order valence-corrected chi connectivity index (χ4v) is 5.12. The number of halogens is 3. The standard InChI is InChI=1S/C20H25F3N4O3S/c1-4-27-17(13-16(24-27)14(2)3)19(28)25-9-11-26(12-10-25)31(29,30)18-8-6-5-7-15(18)20(21,22)23/h5-8,13-14H,4,9-12H2,1-3H3. The highest BCUT2D eigenvalue weighted by atomic mass is 32.2. The Morgan fingerprint density at radius 1 is 1.13 bits per heavy atom. The van der Waals surface area contributed by atoms with Crippen molar-refractivity contribution >= 4 is 15.9 Å². The average molecular weight is 459 g/mol. The van der Waals surface area contributed by atoms with Gasteiger partial charge in [-0.1, -0.05) is 26.0 Å². The van der Waals surface area contributed by atoms with E-state index in [9.17, 15) is 26.4 Å². The van der Waals surface area contributed by atoms with Crippen LogP contribution in [0.15, 0.2) is 35.2 Å². The van der Waals surface area contributed by atoms with Gasteiger partial charge in [0.2, 0.25) is 10.0 Å². The Balaban J connectivity index is 1.78. The minimum Gasteiger partial charge on any atom is -0.335 e. The maximum Gasteiger partial charge on any atom is 0.417 e. The second-order valence-electron chi connectivity index (χ2n) is 7.62. The summed E-state index contributed by atoms with van der Waals surface area (Å²) in [4.78, 5) is 13.7. The number of nitrogens with zero attached hydrogens (tertiary/aromatic N) is 4. The average Bonchev–Trinajstić information content (AvgIpc) is 3.17. The molecule has 0 aliphatic carbocycles. The minimum absolute atomic E-state index is 0.0815. The number of amides is 1. The second kappa shape index (κ2) is 8.62. The Hall–Kier alpha value is -2.40. The van der Waals surface area contributed by atoms with Crippen LogP contribution in [0.4, 0.5) is 13.2 Å². The summed E-state index contributed by atoms with van der Waals surface area (Å²) >= 11 is 0. The van der Waals surface area contributed by atoms with Gasteiger partial charge in [0.25, 0.3) is 5.91 Å². The first-order chi connectivity index (χ1) is 14.5. The van der Waals surface area contributed by atoms with Crippen LogP contribution in [-0.2, 0) is 22.7 Å². The number of piperazine rings is 1. The molecular formula is C20H25F3N4O3S. The molecule has 0 saturated carbocycles. The summed E-state index contributed by atoms with van der Waals surface area (Å²) in [6.45, 7) is 6.32. The molecule has 31 heavy (non-hydrogen) atoms. The monoisotopic (exact) mass is 458 g/mol. The van der Waals surface area contributed by atoms with Crippen molar-refractivity contribution in [2.45, 2.75) is 44.3 Å². The van der Waals surface area contributed by atoms with Crippen LogP contribution in [0.5, 0.6) is 0 Å². The molecule has 1 saturated heterocycles. The number of carbonyl (C=O) groups is 1. The Morgan fingerprint density at radius 2 is 1.74 bits per heavy atom. The van der Waals surface area contributed by atoms with E-state index in [0.29, 0.717) is 12.2 Å². The number of rotatable bonds is 5. The van der Waals surface area contributed by atoms with Gasteiger partial charge < -0.3 is 4.90 Å². The van der Waals surface area contributed by atoms with Crippen LogP contribution in [0.1, 0.15) is 48.4 Å². The van der Waals surface area contributed by atoms with Crippen LogP contribution in [0, 0.1) is 0 Å². The molecule has 11 heteroatoms. The molecule has 3 rings (SSSR count). The first kappa shape index (κ1) is 23.3. The van der Waals surface area contributed by atoms with Gasteiger partial charge in [-0.15, -0.1) is 0 Å². The van der Waals surface area contributed by atoms with Crippen molar-refractivity contribution in [3.63, 3.8) is 0 Å². The Kier molecular flexibility index (Phi) is 6.47. The van der Waals surface area contributed by atoms with Gasteiger partial charge in [-0.05, 0) is 31.0 Å². The van der Waals surface area contributed by atoms with Gasteiger partial charge in [0.05, 0.1) is 16.2 Å². The third kappa shape index (κ3) is 4.62. The number of alkyl halides is 3. The molecule has 0 atom stereocenters. The van der Waals surface area contributed by atoms with Gasteiger partial charge >= 0.3 is 6.18 Å². The van der Waals surface area contributed by atoms with Crippen molar-refractivity contribution in [3.8, 4) is 0 Å². The van der Waals surface area contributed by atoms with Crippen molar-refractivity contribution in [2.24, 2.45) is 0 Å². The fraction of sp³-hybridized carbons (Fsp3) is 0.500. The van der Waals surface area contributed by atoms with E-state index in [2.05, 4.69) is 5.10 Å². The summed E-state index contributed by atoms with van der Waals surface area (Å²) in [5.74, 6) is -0.121. The zero-order valence-corrected chi connectivity index (χ0v) is 18.4. The van der Waals surface area contributed by atoms with Gasteiger partial charge in [0.15, 0.2) is 0 Å². The third-order valence-electron chi connectivity index (χ3n) is 5.25. The van der Waals surface area contributed by atoms with Gasteiger partial charge in [0, 0.05) is 32.7 Å². The van der Waals surface area contributed by atoms with Gasteiger partial charge in [0.1, 0.15) is 5.69 Å². The number of aryl methyl sites for hydroxylation is 1. The van der Waals surface area contributed by atoms with E-state index >= 15 is 0 Å². The third-order valence-corrected chi connectivity index (χ3v) is 7.20. The molecule has 0 spiro atoms. The van der Waals surface area contributed by atoms with Gasteiger partial charge in [-0.25, -0.2) is 8.42 Å². The van der Waals surface area contributed by atoms with Crippen LogP contribution in [-0.4, -0.2) is 59.5 Å². The first-order valence-corrected chi connectivity index (χ1v) is 11.4. The van der Waals surface area contributed by atoms with Crippen LogP contribution >= 0.6 is 0 Å². The lowest BCUT2D eigenvalue weighted by Crippen LogP contribution is -2.51. The summed E-state index contributed by atoms with van der Waals surface area (Å²) in [5.41, 5.74) is 0.0154. The van der Waals surface area contributed by atoms with Gasteiger partial charge in [-0.3, -0.25) is 9.48 Å². The van der Waals surface area contributed by atoms with Crippen molar-refractivity contribution in [1.82, 2.24) is 19.0 Å². The molecule has 0 bridgehead atoms. The maximum absolute atomic E-state index is 13.3. The molecule has 0 N–H and O–H groups in total. The minimum atomic E-state index is -4.78. The Labute approximate surface area is 179 Å². The van der Waals surface area contributed by atoms with E-state index < -0.39 is 26.7 Å². The van der Waals surface area contributed by atoms with E-state index in [1.54, 1.807) is 10.7 Å². The molecule has 1 aliphatic heterocycles. The van der Waals surface area contributed by atoms with Crippen LogP contribution in [0.2, 0.25) is 0 Å². The highest BCUT2D eigenvalue weighted by Gasteiger charge is 2.40. The maximum atomic E-state index is 13.3. The lowest BCUT2D eigenvalue weighted by molar-refractivity contribution is -0.139. The molecule has 2 aromatic rings. The summed E-state index contributed by atoms with van der Waals surface area (Å²) in [6, 6.07) is 5.87. The molecule has 1 aromatic heterocycles. The molecule has 2 heterocycles. The molecule has 1 aromatic carbocycles. The summed E-state index contributed by atoms with van der Waals surface area (Å²) in [7, 11) is -4.35. The SMILES string of the molecule is CCn1nc(C(C)C)cc1C(=O)N1CCN(S(=O)(=O)c2ccccc2C(F)(F)F)CC1. The molecule has 1 fully saturated rings. The van der Waals surface area contributed by atoms with Crippen LogP contribution < -0.4 is 0 Å². The van der Waals surface area contributed by atoms with E-state index in [1.165, 1.54) is 11.0 Å². The molecular weight excluding hydrogens is 433 g/mol. The smallest absolute Gasteiger partial charge is 0.335 e. The molecule has 1 amide bonds. The summed E-state index contributed by atoms with van der Waals surface area (Å²) in [6.07, 6.45) is -4.78. The highest BCUT2D eigenvalue weighted by molar-refractivity contribution is 7.89. The predicted molar refractivity (Wildman–Crippen MR) is 108 cm³/mol. The normalized spacial score (nSPS) is 16.2. The van der Waals surface area contributed by atoms with E-state index in [1.807, 2.05) is 20.8 Å². The lowest BCUT2D eigenvalue weighted by atomic mass is 10.1. The van der Waals surface area contributed by atoms with Crippen LogP contribution in [0.25, 0.3) is 0 Å². The van der Waals surface area contributed by atoms with Crippen molar-refractivity contribution in [2.75, 3.05) is 26.2 Å². The second-order valence-corrected chi connectivity index (χ2v) is 9.52. The van der Waals surface area contributed by atoms with Crippen molar-refractivity contribution < 1.29 is 26.4 Å². The quantitative estimate of drug-likeness (QED) is 0.690. The molecule has 170 valence electrons. The number of hydrogen-bond donors (Lipinski definition) is 0. The Bertz CT molecular complexity index is 1060. The molecule has 7 nitrogen and oxygen atoms in total. The molecule has 1 aliphatic rings. The zero-order chi connectivity index (χ0) is 23.0. The lowest BCUT2D eigenvalue weighted by Gasteiger charge is -2.34. The van der Waals surface area contributed by atoms with E-state index in [-0.39, 0.29) is 38.0 Å². The summed E-state index contributed by atoms with van der Waals surface area (Å²) in [5, 5.41) is 4.43. The number of sulfonamides is 1. The number of carbonyl (C=O) groups excluding carboxylic acids is 1. The topological polar surface area (TPSA) is 75.5 Å². The predicted octanol–water partition coefficient (Wildman–Crippen LogP) is 3.19.